The Balaban J connectivity index is 1.44. The number of carbonyl (C=O) groups excluding carboxylic acids is 3. The minimum Gasteiger partial charge on any atom is -0.496 e. The molecule has 9 heteroatoms. The van der Waals surface area contributed by atoms with E-state index in [9.17, 15) is 14.4 Å². The van der Waals surface area contributed by atoms with Gasteiger partial charge >= 0.3 is 5.97 Å². The van der Waals surface area contributed by atoms with Crippen molar-refractivity contribution in [1.82, 2.24) is 0 Å². The van der Waals surface area contributed by atoms with Crippen molar-refractivity contribution in [2.45, 2.75) is 58.8 Å². The van der Waals surface area contributed by atoms with Gasteiger partial charge in [-0.05, 0) is 83.5 Å². The number of thiophene rings is 2. The Labute approximate surface area is 254 Å². The second-order valence-electron chi connectivity index (χ2n) is 10.6. The third-order valence-corrected chi connectivity index (χ3v) is 9.16. The second kappa shape index (κ2) is 14.4. The number of carbonyl (C=O) groups is 3. The highest BCUT2D eigenvalue weighted by Gasteiger charge is 2.17. The number of nitrogens with zero attached hydrogens (tertiary/aromatic N) is 1. The first-order valence-electron chi connectivity index (χ1n) is 14.0. The van der Waals surface area contributed by atoms with Gasteiger partial charge in [0, 0.05) is 28.7 Å². The van der Waals surface area contributed by atoms with Crippen LogP contribution in [-0.4, -0.2) is 38.4 Å². The van der Waals surface area contributed by atoms with Crippen LogP contribution >= 0.6 is 22.7 Å². The lowest BCUT2D eigenvalue weighted by atomic mass is 10.0. The third kappa shape index (κ3) is 7.75. The number of methoxy groups -OCH3 is 2. The molecule has 2 aromatic carbocycles. The Morgan fingerprint density at radius 3 is 1.79 bits per heavy atom. The molecule has 4 rings (SSSR count). The fourth-order valence-corrected chi connectivity index (χ4v) is 6.79. The van der Waals surface area contributed by atoms with E-state index in [1.165, 1.54) is 22.7 Å². The molecule has 0 aliphatic carbocycles. The van der Waals surface area contributed by atoms with Crippen LogP contribution in [0.25, 0.3) is 20.2 Å². The number of aryl methyl sites for hydroxylation is 2. The van der Waals surface area contributed by atoms with Crippen LogP contribution in [0.2, 0.25) is 0 Å². The molecule has 0 unspecified atom stereocenters. The van der Waals surface area contributed by atoms with Crippen LogP contribution in [0.3, 0.4) is 0 Å². The Morgan fingerprint density at radius 1 is 0.786 bits per heavy atom. The van der Waals surface area contributed by atoms with Gasteiger partial charge < -0.3 is 14.2 Å². The molecule has 220 valence electrons. The Kier molecular flexibility index (Phi) is 10.7. The van der Waals surface area contributed by atoms with E-state index in [1.54, 1.807) is 14.2 Å². The number of hydrogen-bond donors (Lipinski definition) is 0. The van der Waals surface area contributed by atoms with Crippen LogP contribution in [0.5, 0.6) is 11.5 Å². The monoisotopic (exact) mass is 605 g/mol. The zero-order valence-corrected chi connectivity index (χ0v) is 26.0. The van der Waals surface area contributed by atoms with Crippen LogP contribution in [0, 0.1) is 17.2 Å². The molecule has 2 aromatic heterocycles. The van der Waals surface area contributed by atoms with Gasteiger partial charge in [0.15, 0.2) is 11.6 Å². The molecule has 0 bridgehead atoms. The number of ether oxygens (including phenoxy) is 3. The number of esters is 1. The number of nitriles is 1. The Hall–Kier alpha value is -3.74. The Morgan fingerprint density at radius 2 is 1.31 bits per heavy atom. The number of Topliss-reactive ketones (excluding diaryl/α,β-unsaturated/α-hetero) is 2. The maximum absolute atomic E-state index is 12.8. The summed E-state index contributed by atoms with van der Waals surface area (Å²) in [5.74, 6) is 1.40. The van der Waals surface area contributed by atoms with Crippen LogP contribution < -0.4 is 9.47 Å². The van der Waals surface area contributed by atoms with Gasteiger partial charge in [0.05, 0.1) is 43.1 Å². The maximum atomic E-state index is 12.8. The summed E-state index contributed by atoms with van der Waals surface area (Å²) in [5.41, 5.74) is 2.12. The van der Waals surface area contributed by atoms with E-state index in [2.05, 4.69) is 12.1 Å². The van der Waals surface area contributed by atoms with Gasteiger partial charge in [0.25, 0.3) is 0 Å². The van der Waals surface area contributed by atoms with Gasteiger partial charge in [-0.1, -0.05) is 13.8 Å². The summed E-state index contributed by atoms with van der Waals surface area (Å²) >= 11 is 2.84. The van der Waals surface area contributed by atoms with E-state index in [4.69, 9.17) is 19.5 Å². The van der Waals surface area contributed by atoms with Gasteiger partial charge in [-0.3, -0.25) is 14.4 Å². The van der Waals surface area contributed by atoms with Crippen LogP contribution in [0.15, 0.2) is 36.4 Å². The number of hydrogen-bond acceptors (Lipinski definition) is 9. The molecule has 0 aliphatic heterocycles. The number of benzene rings is 2. The van der Waals surface area contributed by atoms with Crippen molar-refractivity contribution in [3.8, 4) is 17.6 Å². The van der Waals surface area contributed by atoms with Crippen molar-refractivity contribution in [2.24, 2.45) is 5.92 Å². The standard InChI is InChI=1S/C33H35NO6S2/c1-20(2)19-40-33(37)11-10-26(36)32-16-24-14-22(28(39-4)18-30(24)42-32)8-5-7-21-13-23-15-31(25(35)9-6-12-34)41-29(23)17-27(21)38-3/h13-18,20H,5-11,19H2,1-4H3. The van der Waals surface area contributed by atoms with Crippen molar-refractivity contribution in [1.29, 1.82) is 5.26 Å². The van der Waals surface area contributed by atoms with Gasteiger partial charge in [0.2, 0.25) is 0 Å². The first-order chi connectivity index (χ1) is 20.2. The van der Waals surface area contributed by atoms with Crippen LogP contribution in [0.1, 0.15) is 76.4 Å². The predicted octanol–water partition coefficient (Wildman–Crippen LogP) is 7.96. The Bertz CT molecular complexity index is 1640. The summed E-state index contributed by atoms with van der Waals surface area (Å²) in [4.78, 5) is 38.4. The predicted molar refractivity (Wildman–Crippen MR) is 167 cm³/mol. The molecule has 2 heterocycles. The third-order valence-electron chi connectivity index (χ3n) is 6.88. The minimum atomic E-state index is -0.346. The first-order valence-corrected chi connectivity index (χ1v) is 15.7. The molecule has 0 saturated heterocycles. The number of fused-ring (bicyclic) bond motifs is 2. The average Bonchev–Trinajstić information content (AvgIpc) is 3.60. The highest BCUT2D eigenvalue weighted by atomic mass is 32.1. The highest BCUT2D eigenvalue weighted by molar-refractivity contribution is 7.21. The molecule has 0 saturated carbocycles. The van der Waals surface area contributed by atoms with E-state index >= 15 is 0 Å². The summed E-state index contributed by atoms with van der Waals surface area (Å²) < 4.78 is 18.5. The van der Waals surface area contributed by atoms with Crippen molar-refractivity contribution in [3.63, 3.8) is 0 Å². The summed E-state index contributed by atoms with van der Waals surface area (Å²) in [6.45, 7) is 4.31. The van der Waals surface area contributed by atoms with Gasteiger partial charge in [-0.2, -0.15) is 5.26 Å². The lowest BCUT2D eigenvalue weighted by Gasteiger charge is -2.11. The summed E-state index contributed by atoms with van der Waals surface area (Å²) in [5, 5.41) is 10.8. The molecule has 42 heavy (non-hydrogen) atoms. The van der Waals surface area contributed by atoms with Crippen LogP contribution in [0.4, 0.5) is 0 Å². The molecule has 0 radical (unpaired) electrons. The molecule has 7 nitrogen and oxygen atoms in total. The molecule has 0 atom stereocenters. The zero-order valence-electron chi connectivity index (χ0n) is 24.4. The molecule has 0 amide bonds. The van der Waals surface area contributed by atoms with E-state index in [0.717, 1.165) is 62.1 Å². The van der Waals surface area contributed by atoms with Crippen molar-refractivity contribution < 1.29 is 28.6 Å². The molecular formula is C33H35NO6S2. The van der Waals surface area contributed by atoms with Crippen LogP contribution in [-0.2, 0) is 22.4 Å². The lowest BCUT2D eigenvalue weighted by molar-refractivity contribution is -0.144. The SMILES string of the molecule is COc1cc2sc(C(=O)CCC#N)cc2cc1CCCc1cc2cc(C(=O)CCC(=O)OCC(C)C)sc2cc1OC. The smallest absolute Gasteiger partial charge is 0.306 e. The minimum absolute atomic E-state index is 0.0109. The molecule has 0 aliphatic rings. The largest absolute Gasteiger partial charge is 0.496 e. The summed E-state index contributed by atoms with van der Waals surface area (Å²) in [6, 6.07) is 14.0. The highest BCUT2D eigenvalue weighted by Crippen LogP contribution is 2.36. The van der Waals surface area contributed by atoms with Gasteiger partial charge in [-0.25, -0.2) is 0 Å². The van der Waals surface area contributed by atoms with E-state index in [0.29, 0.717) is 16.4 Å². The van der Waals surface area contributed by atoms with Crippen molar-refractivity contribution in [2.75, 3.05) is 20.8 Å². The quantitative estimate of drug-likeness (QED) is 0.100. The molecule has 0 fully saturated rings. The number of ketones is 2. The van der Waals surface area contributed by atoms with E-state index < -0.39 is 0 Å². The molecular weight excluding hydrogens is 570 g/mol. The van der Waals surface area contributed by atoms with Crippen molar-refractivity contribution >= 4 is 60.4 Å². The molecule has 0 spiro atoms. The normalized spacial score (nSPS) is 11.1. The van der Waals surface area contributed by atoms with Gasteiger partial charge in [0.1, 0.15) is 11.5 Å². The summed E-state index contributed by atoms with van der Waals surface area (Å²) in [7, 11) is 3.30. The number of rotatable bonds is 15. The summed E-state index contributed by atoms with van der Waals surface area (Å²) in [6.07, 6.45) is 3.03. The lowest BCUT2D eigenvalue weighted by Crippen LogP contribution is -2.11. The molecule has 4 aromatic rings. The fraction of sp³-hybridized carbons (Fsp3) is 0.394. The fourth-order valence-electron chi connectivity index (χ4n) is 4.71. The second-order valence-corrected chi connectivity index (χ2v) is 12.7. The van der Waals surface area contributed by atoms with Crippen molar-refractivity contribution in [3.05, 3.63) is 57.3 Å². The zero-order chi connectivity index (χ0) is 30.2. The maximum Gasteiger partial charge on any atom is 0.306 e. The van der Waals surface area contributed by atoms with E-state index in [-0.39, 0.29) is 49.1 Å². The molecule has 0 N–H and O–H groups in total. The van der Waals surface area contributed by atoms with E-state index in [1.807, 2.05) is 44.2 Å². The average molecular weight is 606 g/mol. The topological polar surface area (TPSA) is 103 Å². The first kappa shape index (κ1) is 31.2. The van der Waals surface area contributed by atoms with Gasteiger partial charge in [-0.15, -0.1) is 22.7 Å².